The summed E-state index contributed by atoms with van der Waals surface area (Å²) in [5.74, 6) is 0.245. The van der Waals surface area contributed by atoms with Crippen molar-refractivity contribution in [3.63, 3.8) is 0 Å². The largest absolute Gasteiger partial charge is 0.489 e. The highest BCUT2D eigenvalue weighted by Gasteiger charge is 2.14. The molecule has 0 aliphatic rings. The molecule has 4 heteroatoms. The minimum atomic E-state index is -0.890. The second-order valence-electron chi connectivity index (χ2n) is 4.87. The summed E-state index contributed by atoms with van der Waals surface area (Å²) in [5, 5.41) is 10.1. The van der Waals surface area contributed by atoms with Gasteiger partial charge >= 0.3 is 5.97 Å². The number of benzene rings is 2. The maximum Gasteiger partial charge on any atom is 0.308 e. The van der Waals surface area contributed by atoms with E-state index in [1.165, 1.54) is 0 Å². The molecule has 0 aromatic heterocycles. The van der Waals surface area contributed by atoms with E-state index in [1.54, 1.807) is 25.1 Å². The molecule has 0 radical (unpaired) electrons. The maximum atomic E-state index is 11.4. The molecule has 2 aromatic carbocycles. The molecule has 0 fully saturated rings. The summed E-state index contributed by atoms with van der Waals surface area (Å²) in [7, 11) is 0. The molecule has 116 valence electrons. The maximum absolute atomic E-state index is 11.4. The number of hydrogen-bond acceptors (Lipinski definition) is 4. The van der Waals surface area contributed by atoms with Crippen molar-refractivity contribution in [1.29, 1.82) is 0 Å². The van der Waals surface area contributed by atoms with Crippen molar-refractivity contribution in [3.05, 3.63) is 65.7 Å². The second kappa shape index (κ2) is 8.20. The molecular formula is C18H20O4. The fourth-order valence-corrected chi connectivity index (χ4v) is 2.05. The Bertz CT molecular complexity index is 595. The molecule has 0 spiro atoms. The Kier molecular flexibility index (Phi) is 5.98. The van der Waals surface area contributed by atoms with Gasteiger partial charge in [-0.2, -0.15) is 0 Å². The Morgan fingerprint density at radius 1 is 1.14 bits per heavy atom. The fourth-order valence-electron chi connectivity index (χ4n) is 2.05. The van der Waals surface area contributed by atoms with Crippen LogP contribution in [0.25, 0.3) is 0 Å². The fraction of sp³-hybridized carbons (Fsp3) is 0.278. The van der Waals surface area contributed by atoms with E-state index in [-0.39, 0.29) is 6.42 Å². The van der Waals surface area contributed by atoms with E-state index in [4.69, 9.17) is 9.47 Å². The normalized spacial score (nSPS) is 11.7. The lowest BCUT2D eigenvalue weighted by Gasteiger charge is -2.12. The number of aliphatic hydroxyl groups is 1. The highest BCUT2D eigenvalue weighted by atomic mass is 16.5. The van der Waals surface area contributed by atoms with Gasteiger partial charge in [0, 0.05) is 0 Å². The molecule has 0 saturated heterocycles. The van der Waals surface area contributed by atoms with Crippen molar-refractivity contribution in [3.8, 4) is 5.75 Å². The van der Waals surface area contributed by atoms with Gasteiger partial charge in [0.05, 0.1) is 19.1 Å². The van der Waals surface area contributed by atoms with Crippen molar-refractivity contribution in [1.82, 2.24) is 0 Å². The first kappa shape index (κ1) is 16.0. The number of esters is 1. The van der Waals surface area contributed by atoms with Crippen LogP contribution in [0.2, 0.25) is 0 Å². The van der Waals surface area contributed by atoms with Crippen molar-refractivity contribution >= 4 is 5.97 Å². The summed E-state index contributed by atoms with van der Waals surface area (Å²) in [5.41, 5.74) is 1.71. The van der Waals surface area contributed by atoms with E-state index < -0.39 is 12.1 Å². The summed E-state index contributed by atoms with van der Waals surface area (Å²) in [4.78, 5) is 11.4. The van der Waals surface area contributed by atoms with Crippen molar-refractivity contribution < 1.29 is 19.4 Å². The average molecular weight is 300 g/mol. The van der Waals surface area contributed by atoms with Crippen LogP contribution in [-0.2, 0) is 16.1 Å². The zero-order valence-electron chi connectivity index (χ0n) is 12.6. The summed E-state index contributed by atoms with van der Waals surface area (Å²) in [6.07, 6.45) is -0.949. The standard InChI is InChI=1S/C18H20O4/c1-2-21-18(20)12-17(19)15-9-6-10-16(11-15)22-13-14-7-4-3-5-8-14/h3-11,17,19H,2,12-13H2,1H3/t17-/m0/s1. The highest BCUT2D eigenvalue weighted by molar-refractivity contribution is 5.70. The third kappa shape index (κ3) is 4.90. The second-order valence-corrected chi connectivity index (χ2v) is 4.87. The zero-order chi connectivity index (χ0) is 15.8. The number of ether oxygens (including phenoxy) is 2. The van der Waals surface area contributed by atoms with E-state index in [0.29, 0.717) is 24.5 Å². The molecule has 4 nitrogen and oxygen atoms in total. The van der Waals surface area contributed by atoms with Gasteiger partial charge in [-0.15, -0.1) is 0 Å². The van der Waals surface area contributed by atoms with Crippen LogP contribution in [0.3, 0.4) is 0 Å². The number of rotatable bonds is 7. The summed E-state index contributed by atoms with van der Waals surface area (Å²) < 4.78 is 10.5. The number of carbonyl (C=O) groups is 1. The van der Waals surface area contributed by atoms with Crippen LogP contribution in [0, 0.1) is 0 Å². The predicted octanol–water partition coefficient (Wildman–Crippen LogP) is 3.25. The van der Waals surface area contributed by atoms with Crippen molar-refractivity contribution in [2.75, 3.05) is 6.61 Å². The lowest BCUT2D eigenvalue weighted by atomic mass is 10.1. The molecule has 1 N–H and O–H groups in total. The molecule has 22 heavy (non-hydrogen) atoms. The first-order chi connectivity index (χ1) is 10.7. The summed E-state index contributed by atoms with van der Waals surface area (Å²) in [6.45, 7) is 2.51. The zero-order valence-corrected chi connectivity index (χ0v) is 12.6. The minimum Gasteiger partial charge on any atom is -0.489 e. The van der Waals surface area contributed by atoms with Crippen LogP contribution in [0.1, 0.15) is 30.6 Å². The Balaban J connectivity index is 1.95. The Morgan fingerprint density at radius 2 is 1.91 bits per heavy atom. The Labute approximate surface area is 130 Å². The first-order valence-corrected chi connectivity index (χ1v) is 7.29. The molecule has 0 amide bonds. The molecule has 0 bridgehead atoms. The van der Waals surface area contributed by atoms with E-state index in [0.717, 1.165) is 5.56 Å². The van der Waals surface area contributed by atoms with Gasteiger partial charge in [-0.05, 0) is 30.2 Å². The van der Waals surface area contributed by atoms with Crippen molar-refractivity contribution in [2.45, 2.75) is 26.1 Å². The van der Waals surface area contributed by atoms with E-state index >= 15 is 0 Å². The van der Waals surface area contributed by atoms with Gasteiger partial charge in [0.15, 0.2) is 0 Å². The van der Waals surface area contributed by atoms with Crippen LogP contribution in [-0.4, -0.2) is 17.7 Å². The Hall–Kier alpha value is -2.33. The minimum absolute atomic E-state index is 0.0595. The first-order valence-electron chi connectivity index (χ1n) is 7.29. The average Bonchev–Trinajstić information content (AvgIpc) is 2.54. The van der Waals surface area contributed by atoms with E-state index in [9.17, 15) is 9.90 Å². The third-order valence-corrected chi connectivity index (χ3v) is 3.16. The molecule has 2 rings (SSSR count). The van der Waals surface area contributed by atoms with E-state index in [2.05, 4.69) is 0 Å². The van der Waals surface area contributed by atoms with Gasteiger partial charge in [-0.1, -0.05) is 42.5 Å². The highest BCUT2D eigenvalue weighted by Crippen LogP contribution is 2.22. The third-order valence-electron chi connectivity index (χ3n) is 3.16. The molecule has 0 unspecified atom stereocenters. The molecule has 0 saturated carbocycles. The number of carbonyl (C=O) groups excluding carboxylic acids is 1. The van der Waals surface area contributed by atoms with Gasteiger partial charge in [0.25, 0.3) is 0 Å². The van der Waals surface area contributed by atoms with Crippen LogP contribution >= 0.6 is 0 Å². The molecule has 1 atom stereocenters. The smallest absolute Gasteiger partial charge is 0.308 e. The van der Waals surface area contributed by atoms with Crippen LogP contribution < -0.4 is 4.74 Å². The molecule has 0 aliphatic carbocycles. The van der Waals surface area contributed by atoms with E-state index in [1.807, 2.05) is 36.4 Å². The quantitative estimate of drug-likeness (QED) is 0.797. The predicted molar refractivity (Wildman–Crippen MR) is 83.4 cm³/mol. The van der Waals surface area contributed by atoms with Gasteiger partial charge in [0.1, 0.15) is 12.4 Å². The lowest BCUT2D eigenvalue weighted by molar-refractivity contribution is -0.145. The molecular weight excluding hydrogens is 280 g/mol. The van der Waals surface area contributed by atoms with Gasteiger partial charge < -0.3 is 14.6 Å². The molecule has 0 aliphatic heterocycles. The summed E-state index contributed by atoms with van der Waals surface area (Å²) in [6, 6.07) is 17.0. The topological polar surface area (TPSA) is 55.8 Å². The van der Waals surface area contributed by atoms with Crippen molar-refractivity contribution in [2.24, 2.45) is 0 Å². The van der Waals surface area contributed by atoms with Crippen LogP contribution in [0.5, 0.6) is 5.75 Å². The van der Waals surface area contributed by atoms with Gasteiger partial charge in [0.2, 0.25) is 0 Å². The lowest BCUT2D eigenvalue weighted by Crippen LogP contribution is -2.10. The SMILES string of the molecule is CCOC(=O)C[C@H](O)c1cccc(OCc2ccccc2)c1. The summed E-state index contributed by atoms with van der Waals surface area (Å²) >= 11 is 0. The Morgan fingerprint density at radius 3 is 2.64 bits per heavy atom. The monoisotopic (exact) mass is 300 g/mol. The number of hydrogen-bond donors (Lipinski definition) is 1. The molecule has 0 heterocycles. The molecule has 2 aromatic rings. The van der Waals surface area contributed by atoms with Crippen LogP contribution in [0.15, 0.2) is 54.6 Å². The van der Waals surface area contributed by atoms with Gasteiger partial charge in [-0.25, -0.2) is 0 Å². The van der Waals surface area contributed by atoms with Crippen LogP contribution in [0.4, 0.5) is 0 Å². The van der Waals surface area contributed by atoms with Gasteiger partial charge in [-0.3, -0.25) is 4.79 Å². The number of aliphatic hydroxyl groups excluding tert-OH is 1.